The molecule has 0 atom stereocenters. The van der Waals surface area contributed by atoms with Gasteiger partial charge >= 0.3 is 96.5 Å². The monoisotopic (exact) mass is 2120 g/mol. The minimum absolute atomic E-state index is 0. The van der Waals surface area contributed by atoms with Crippen molar-refractivity contribution in [2.24, 2.45) is 0 Å². The number of rotatable bonds is 18. The summed E-state index contributed by atoms with van der Waals surface area (Å²) in [7, 11) is 11.3. The summed E-state index contributed by atoms with van der Waals surface area (Å²) in [6, 6.07) is 48.8. The number of carbonyl (C=O) groups is 13. The number of ether oxygens (including phenoxy) is 10. The minimum atomic E-state index is -1.46. The van der Waals surface area contributed by atoms with Gasteiger partial charge in [0.1, 0.15) is 51.8 Å². The molecular weight excluding hydrogens is 2040 g/mol. The van der Waals surface area contributed by atoms with E-state index in [1.165, 1.54) is 45.6 Å². The molecule has 0 aliphatic carbocycles. The van der Waals surface area contributed by atoms with Crippen molar-refractivity contribution in [2.45, 2.75) is 7.43 Å². The van der Waals surface area contributed by atoms with E-state index < -0.39 is 151 Å². The van der Waals surface area contributed by atoms with Crippen LogP contribution in [0.25, 0.3) is 21.8 Å². The number of nitrogen functional groups attached to an aromatic ring is 1. The number of nitrogens with zero attached hydrogens (tertiary/aromatic N) is 1. The number of halogens is 9. The van der Waals surface area contributed by atoms with Gasteiger partial charge in [-0.05, 0) is 180 Å². The molecular formula is C98H81Br2F7LiN5O31. The van der Waals surface area contributed by atoms with Crippen molar-refractivity contribution in [3.63, 3.8) is 0 Å². The maximum atomic E-state index is 14.0. The maximum absolute atomic E-state index is 14.0. The van der Waals surface area contributed by atoms with E-state index >= 15 is 0 Å². The van der Waals surface area contributed by atoms with Crippen LogP contribution in [-0.2, 0) is 47.4 Å². The first-order valence-corrected chi connectivity index (χ1v) is 40.2. The van der Waals surface area contributed by atoms with Crippen LogP contribution in [0.5, 0.6) is 0 Å². The number of carbonyl (C=O) groups excluding carboxylic acids is 10. The smallest absolute Gasteiger partial charge is 0.727 e. The standard InChI is InChI=1S/C16H14FNO4.C14H10FNO4.C14H8FNO3.C10H8BrFO4.C10H8FNO6.C10H10FNO4.C10H9FO4.C7H4.C6H5Br.CH4.Li.H2O2/c1-21-15(19)11-9-14(18-10-6-4-3-5-7-10)12(8-13(11)17)16(20)22-2;15-11-6-10(14(19)20)12(7-9(11)13(17)18)16-8-4-2-1-3-5-8;15-10-5-9-12(6-8(10)14(18)19)16-11-4-2-1-3-7(11)13(9)17;1-15-9(13)5-4-8(12)6(3-7(5)11)10(14)16-2;1-17-9(13)5-4-8(12(15)16)6(3-7(5)11)10(14)18-2;1-15-9(13)5-4-8(12)6(3-7(5)11)10(14)16-2;1-14-9(12)6-3-4-7(8(11)5-6)10(13)15-2;1-3-5-7-6-4-2;7-6-4-2-1-3-5-6;;;1-2/h3-9,18H,1-2H3;1-7,16H,(H,17,18)(H,19,20);1-6H,(H,16,17)(H,18,19);3-4H,1-2H3;3-4H,1-2H3;3-4H,12H2,1-2H3;3-5H,1-2H3;1-2H2;1-5H;1H4;;1-2H/q;;;;;;;;;;+1;/p-1. The van der Waals surface area contributed by atoms with Crippen molar-refractivity contribution in [1.29, 1.82) is 0 Å². The third kappa shape index (κ3) is 37.0. The Hall–Kier alpha value is -17.6. The first-order valence-electron chi connectivity index (χ1n) is 38.6. The number of esters is 10. The minimum Gasteiger partial charge on any atom is -0.727 e. The average molecular weight is 2120 g/mol. The third-order valence-electron chi connectivity index (χ3n) is 17.4. The van der Waals surface area contributed by atoms with E-state index in [1.807, 2.05) is 36.4 Å². The summed E-state index contributed by atoms with van der Waals surface area (Å²) in [6.07, 6.45) is 0. The Bertz CT molecular complexity index is 6770. The quantitative estimate of drug-likeness (QED) is 0.00378. The number of aromatic carboxylic acids is 3. The molecule has 0 radical (unpaired) electrons. The molecule has 9 N–H and O–H groups in total. The predicted octanol–water partition coefficient (Wildman–Crippen LogP) is 15.0. The van der Waals surface area contributed by atoms with Gasteiger partial charge in [-0.25, -0.2) is 93.1 Å². The summed E-state index contributed by atoms with van der Waals surface area (Å²) in [5.74, 6) is -19.0. The molecule has 0 fully saturated rings. The van der Waals surface area contributed by atoms with Crippen LogP contribution in [0.1, 0.15) is 142 Å². The SMILES string of the molecule is Brc1ccccc1.C.C=C=C=C=C=C=C.COC(=O)c1cc(Br)c(C(=O)OC)cc1F.COC(=O)c1cc(F)c(C(=O)OC)cc1N.COC(=O)c1cc(Nc2ccccc2)c(C(=O)OC)cc1F.COC(=O)c1cc([N+](=O)[O-])c(C(=O)OC)cc1F.COC(=O)c1ccc(C(=O)OC)c(F)c1.O=C(O)c1cc(Nc2ccccc2)c(C(=O)O)cc1F.O=C(O)c1cc2[nH]c3ccccc3c(=O)c2cc1F.[Li+].[O-]O. The number of aromatic amines is 1. The predicted molar refractivity (Wildman–Crippen MR) is 505 cm³/mol. The summed E-state index contributed by atoms with van der Waals surface area (Å²) in [6.45, 7) is 6.49. The van der Waals surface area contributed by atoms with E-state index in [2.05, 4.69) is 137 Å². The van der Waals surface area contributed by atoms with Crippen molar-refractivity contribution in [3.05, 3.63) is 390 Å². The molecule has 0 saturated carbocycles. The number of methoxy groups -OCH3 is 10. The first kappa shape index (κ1) is 124. The van der Waals surface area contributed by atoms with E-state index in [0.29, 0.717) is 46.0 Å². The summed E-state index contributed by atoms with van der Waals surface area (Å²) >= 11 is 6.36. The number of benzene rings is 11. The molecule has 0 aliphatic heterocycles. The molecule has 12 aromatic rings. The zero-order chi connectivity index (χ0) is 107. The normalized spacial score (nSPS) is 9.37. The number of H-pyrrole nitrogens is 1. The Kier molecular flexibility index (Phi) is 54.5. The van der Waals surface area contributed by atoms with Crippen molar-refractivity contribution in [3.8, 4) is 0 Å². The number of nitrogens with two attached hydrogens (primary N) is 1. The number of nitrogens with one attached hydrogen (secondary N) is 3. The van der Waals surface area contributed by atoms with Crippen LogP contribution >= 0.6 is 31.9 Å². The molecule has 46 heteroatoms. The molecule has 0 aliphatic rings. The number of pyridine rings is 1. The molecule has 0 bridgehead atoms. The second-order valence-electron chi connectivity index (χ2n) is 26.0. The van der Waals surface area contributed by atoms with E-state index in [9.17, 15) is 108 Å². The second-order valence-corrected chi connectivity index (χ2v) is 27.8. The van der Waals surface area contributed by atoms with Gasteiger partial charge in [0.25, 0.3) is 5.69 Å². The van der Waals surface area contributed by atoms with Crippen LogP contribution in [0, 0.1) is 50.8 Å². The van der Waals surface area contributed by atoms with Crippen LogP contribution in [-0.4, -0.2) is 179 Å². The van der Waals surface area contributed by atoms with Gasteiger partial charge in [0.15, 0.2) is 5.43 Å². The Morgan fingerprint density at radius 1 is 0.361 bits per heavy atom. The molecule has 0 saturated heterocycles. The van der Waals surface area contributed by atoms with E-state index in [4.69, 9.17) is 31.6 Å². The molecule has 0 spiro atoms. The largest absolute Gasteiger partial charge is 1.00 e. The van der Waals surface area contributed by atoms with E-state index in [0.717, 1.165) is 103 Å². The van der Waals surface area contributed by atoms with Crippen LogP contribution < -0.4 is 45.9 Å². The van der Waals surface area contributed by atoms with Crippen LogP contribution in [0.4, 0.5) is 64.9 Å². The van der Waals surface area contributed by atoms with Gasteiger partial charge in [0.2, 0.25) is 0 Å². The maximum Gasteiger partial charge on any atom is 1.00 e. The number of aromatic nitrogens is 1. The molecule has 144 heavy (non-hydrogen) atoms. The summed E-state index contributed by atoms with van der Waals surface area (Å²) < 4.78 is 140. The molecule has 11 aromatic carbocycles. The van der Waals surface area contributed by atoms with Crippen molar-refractivity contribution < 1.29 is 190 Å². The Labute approximate surface area is 840 Å². The fourth-order valence-corrected chi connectivity index (χ4v) is 11.6. The number of para-hydroxylation sites is 3. The van der Waals surface area contributed by atoms with Gasteiger partial charge in [0.05, 0.1) is 154 Å². The van der Waals surface area contributed by atoms with Gasteiger partial charge in [0, 0.05) is 48.4 Å². The summed E-state index contributed by atoms with van der Waals surface area (Å²) in [4.78, 5) is 170. The zero-order valence-corrected chi connectivity index (χ0v) is 79.5. The number of nitro groups is 1. The average Bonchev–Trinajstić information content (AvgIpc) is 0.764. The number of carboxylic acids is 3. The number of hydrogen-bond donors (Lipinski definition) is 8. The van der Waals surface area contributed by atoms with Gasteiger partial charge in [-0.1, -0.05) is 102 Å². The van der Waals surface area contributed by atoms with Crippen molar-refractivity contribution in [2.75, 3.05) is 87.5 Å². The van der Waals surface area contributed by atoms with Crippen LogP contribution in [0.3, 0.4) is 0 Å². The van der Waals surface area contributed by atoms with E-state index in [-0.39, 0.29) is 109 Å². The number of nitro benzene ring substituents is 1. The molecule has 36 nitrogen and oxygen atoms in total. The Morgan fingerprint density at radius 3 is 1.11 bits per heavy atom. The Morgan fingerprint density at radius 2 is 0.688 bits per heavy atom. The first-order chi connectivity index (χ1) is 67.5. The van der Waals surface area contributed by atoms with Gasteiger partial charge in [-0.15, -0.1) is 0 Å². The van der Waals surface area contributed by atoms with E-state index in [1.54, 1.807) is 78.9 Å². The molecule has 748 valence electrons. The summed E-state index contributed by atoms with van der Waals surface area (Å²) in [5.41, 5.74) is 15.0. The number of anilines is 5. The number of fused-ring (bicyclic) bond motifs is 2. The molecule has 1 heterocycles. The van der Waals surface area contributed by atoms with Crippen LogP contribution in [0.15, 0.2) is 262 Å². The third-order valence-corrected chi connectivity index (χ3v) is 18.5. The molecule has 0 amide bonds. The fraction of sp³-hybridized carbons (Fsp3) is 0.112. The topological polar surface area (TPSA) is 544 Å². The number of carboxylic acid groups (broad SMARTS) is 3. The molecule has 12 rings (SSSR count). The molecule has 0 unspecified atom stereocenters. The molecule has 1 aromatic heterocycles. The van der Waals surface area contributed by atoms with Crippen molar-refractivity contribution >= 4 is 165 Å². The van der Waals surface area contributed by atoms with Gasteiger partial charge in [-0.3, -0.25) is 14.9 Å². The van der Waals surface area contributed by atoms with Crippen LogP contribution in [0.2, 0.25) is 0 Å². The fourth-order valence-electron chi connectivity index (χ4n) is 10.7. The summed E-state index contributed by atoms with van der Waals surface area (Å²) in [5, 5.41) is 56.8. The Balaban J connectivity index is 0.000000819. The van der Waals surface area contributed by atoms with Crippen molar-refractivity contribution in [1.82, 2.24) is 4.98 Å². The van der Waals surface area contributed by atoms with Gasteiger partial charge < -0.3 is 94.6 Å². The zero-order valence-electron chi connectivity index (χ0n) is 76.3. The number of hydrogen-bond acceptors (Lipinski definition) is 31. The van der Waals surface area contributed by atoms with Gasteiger partial charge in [-0.2, -0.15) is 0 Å². The second kappa shape index (κ2) is 63.1.